The number of methoxy groups -OCH3 is 1. The highest BCUT2D eigenvalue weighted by atomic mass is 16.5. The fraction of sp³-hybridized carbons (Fsp3) is 0.107. The molecule has 0 aliphatic carbocycles. The monoisotopic (exact) mass is 493 g/mol. The van der Waals surface area contributed by atoms with Crippen molar-refractivity contribution in [3.63, 3.8) is 0 Å². The fourth-order valence-electron chi connectivity index (χ4n) is 3.81. The van der Waals surface area contributed by atoms with Gasteiger partial charge in [0.1, 0.15) is 12.4 Å². The van der Waals surface area contributed by atoms with Gasteiger partial charge in [-0.3, -0.25) is 9.59 Å². The molecule has 1 amide bonds. The minimum absolute atomic E-state index is 0.180. The second kappa shape index (κ2) is 10.7. The number of aromatic nitrogens is 4. The van der Waals surface area contributed by atoms with E-state index in [1.807, 2.05) is 30.3 Å². The Morgan fingerprint density at radius 1 is 0.838 bits per heavy atom. The van der Waals surface area contributed by atoms with Crippen LogP contribution in [0.25, 0.3) is 17.0 Å². The SMILES string of the molecule is COc1ccc(-c2nnc3ccc(OCCNC(=O)c4ccccc4C(=O)c4ccccc4)nn23)cc1. The predicted octanol–water partition coefficient (Wildman–Crippen LogP) is 3.84. The van der Waals surface area contributed by atoms with Gasteiger partial charge in [0.25, 0.3) is 5.91 Å². The van der Waals surface area contributed by atoms with Gasteiger partial charge in [0.05, 0.1) is 19.2 Å². The minimum atomic E-state index is -0.354. The molecule has 0 aliphatic heterocycles. The lowest BCUT2D eigenvalue weighted by Crippen LogP contribution is -2.29. The number of rotatable bonds is 9. The van der Waals surface area contributed by atoms with Crippen LogP contribution in [-0.4, -0.2) is 51.8 Å². The fourth-order valence-corrected chi connectivity index (χ4v) is 3.81. The minimum Gasteiger partial charge on any atom is -0.497 e. The van der Waals surface area contributed by atoms with Gasteiger partial charge in [0.15, 0.2) is 17.3 Å². The molecule has 37 heavy (non-hydrogen) atoms. The smallest absolute Gasteiger partial charge is 0.252 e. The normalized spacial score (nSPS) is 10.7. The van der Waals surface area contributed by atoms with Crippen LogP contribution in [-0.2, 0) is 0 Å². The van der Waals surface area contributed by atoms with Crippen LogP contribution in [0.15, 0.2) is 91.0 Å². The van der Waals surface area contributed by atoms with Gasteiger partial charge in [-0.2, -0.15) is 4.52 Å². The molecule has 184 valence electrons. The zero-order valence-electron chi connectivity index (χ0n) is 20.0. The summed E-state index contributed by atoms with van der Waals surface area (Å²) in [5.74, 6) is 1.10. The maximum atomic E-state index is 12.9. The zero-order chi connectivity index (χ0) is 25.6. The second-order valence-electron chi connectivity index (χ2n) is 8.04. The summed E-state index contributed by atoms with van der Waals surface area (Å²) in [4.78, 5) is 25.7. The Bertz CT molecular complexity index is 1550. The van der Waals surface area contributed by atoms with Gasteiger partial charge in [-0.05, 0) is 36.4 Å². The summed E-state index contributed by atoms with van der Waals surface area (Å²) in [6, 6.07) is 26.5. The van der Waals surface area contributed by atoms with Gasteiger partial charge in [0.2, 0.25) is 5.88 Å². The summed E-state index contributed by atoms with van der Waals surface area (Å²) in [6.45, 7) is 0.402. The first kappa shape index (κ1) is 23.7. The Morgan fingerprint density at radius 2 is 1.57 bits per heavy atom. The van der Waals surface area contributed by atoms with Crippen molar-refractivity contribution in [1.29, 1.82) is 0 Å². The number of benzene rings is 3. The summed E-state index contributed by atoms with van der Waals surface area (Å²) in [5.41, 5.74) is 2.58. The number of ketones is 1. The average Bonchev–Trinajstić information content (AvgIpc) is 3.38. The standard InChI is InChI=1S/C28H23N5O4/c1-36-21-13-11-20(12-14-21)27-31-30-24-15-16-25(32-33(24)27)37-18-17-29-28(35)23-10-6-5-9-22(23)26(34)19-7-3-2-4-8-19/h2-16H,17-18H2,1H3,(H,29,35). The third-order valence-corrected chi connectivity index (χ3v) is 5.68. The second-order valence-corrected chi connectivity index (χ2v) is 8.04. The van der Waals surface area contributed by atoms with Gasteiger partial charge >= 0.3 is 0 Å². The maximum Gasteiger partial charge on any atom is 0.252 e. The Balaban J connectivity index is 1.23. The van der Waals surface area contributed by atoms with Crippen LogP contribution < -0.4 is 14.8 Å². The summed E-state index contributed by atoms with van der Waals surface area (Å²) in [5, 5.41) is 15.7. The number of amides is 1. The molecular formula is C28H23N5O4. The first-order chi connectivity index (χ1) is 18.1. The average molecular weight is 494 g/mol. The van der Waals surface area contributed by atoms with Gasteiger partial charge in [-0.1, -0.05) is 48.5 Å². The molecule has 0 atom stereocenters. The lowest BCUT2D eigenvalue weighted by molar-refractivity contribution is 0.0936. The van der Waals surface area contributed by atoms with E-state index in [4.69, 9.17) is 9.47 Å². The Labute approximate surface area is 212 Å². The number of ether oxygens (including phenoxy) is 2. The number of nitrogens with one attached hydrogen (secondary N) is 1. The number of nitrogens with zero attached hydrogens (tertiary/aromatic N) is 4. The molecular weight excluding hydrogens is 470 g/mol. The molecule has 3 aromatic carbocycles. The van der Waals surface area contributed by atoms with Crippen molar-refractivity contribution in [1.82, 2.24) is 25.1 Å². The highest BCUT2D eigenvalue weighted by molar-refractivity contribution is 6.15. The van der Waals surface area contributed by atoms with Crippen molar-refractivity contribution in [2.75, 3.05) is 20.3 Å². The zero-order valence-corrected chi connectivity index (χ0v) is 20.0. The van der Waals surface area contributed by atoms with Crippen LogP contribution in [0, 0.1) is 0 Å². The predicted molar refractivity (Wildman–Crippen MR) is 137 cm³/mol. The Morgan fingerprint density at radius 3 is 2.32 bits per heavy atom. The van der Waals surface area contributed by atoms with Crippen LogP contribution in [0.5, 0.6) is 11.6 Å². The highest BCUT2D eigenvalue weighted by Crippen LogP contribution is 2.22. The van der Waals surface area contributed by atoms with Crippen LogP contribution in [0.1, 0.15) is 26.3 Å². The van der Waals surface area contributed by atoms with Crippen molar-refractivity contribution in [2.24, 2.45) is 0 Å². The van der Waals surface area contributed by atoms with Gasteiger partial charge in [-0.25, -0.2) is 0 Å². The van der Waals surface area contributed by atoms with Crippen LogP contribution in [0.4, 0.5) is 0 Å². The Hall–Kier alpha value is -5.05. The number of hydrogen-bond acceptors (Lipinski definition) is 7. The van der Waals surface area contributed by atoms with Crippen LogP contribution >= 0.6 is 0 Å². The van der Waals surface area contributed by atoms with Crippen molar-refractivity contribution >= 4 is 17.3 Å². The topological polar surface area (TPSA) is 108 Å². The molecule has 2 aromatic heterocycles. The number of carbonyl (C=O) groups excluding carboxylic acids is 2. The number of fused-ring (bicyclic) bond motifs is 1. The molecule has 9 nitrogen and oxygen atoms in total. The first-order valence-corrected chi connectivity index (χ1v) is 11.6. The molecule has 0 unspecified atom stereocenters. The summed E-state index contributed by atoms with van der Waals surface area (Å²) in [6.07, 6.45) is 0. The van der Waals surface area contributed by atoms with Gasteiger partial charge in [-0.15, -0.1) is 15.3 Å². The molecule has 9 heteroatoms. The highest BCUT2D eigenvalue weighted by Gasteiger charge is 2.18. The van der Waals surface area contributed by atoms with Crippen molar-refractivity contribution in [3.05, 3.63) is 108 Å². The van der Waals surface area contributed by atoms with E-state index in [0.717, 1.165) is 11.3 Å². The molecule has 0 bridgehead atoms. The third kappa shape index (κ3) is 5.15. The van der Waals surface area contributed by atoms with E-state index < -0.39 is 0 Å². The molecule has 5 aromatic rings. The maximum absolute atomic E-state index is 12.9. The van der Waals surface area contributed by atoms with E-state index in [0.29, 0.717) is 34.0 Å². The quantitative estimate of drug-likeness (QED) is 0.246. The largest absolute Gasteiger partial charge is 0.497 e. The van der Waals surface area contributed by atoms with Crippen molar-refractivity contribution < 1.29 is 19.1 Å². The number of carbonyl (C=O) groups is 2. The molecule has 0 aliphatic rings. The number of hydrogen-bond donors (Lipinski definition) is 1. The molecule has 1 N–H and O–H groups in total. The van der Waals surface area contributed by atoms with Crippen LogP contribution in [0.2, 0.25) is 0 Å². The molecule has 0 saturated heterocycles. The van der Waals surface area contributed by atoms with E-state index in [-0.39, 0.29) is 24.8 Å². The van der Waals surface area contributed by atoms with E-state index >= 15 is 0 Å². The molecule has 2 heterocycles. The molecule has 0 radical (unpaired) electrons. The van der Waals surface area contributed by atoms with Gasteiger partial charge in [0, 0.05) is 22.8 Å². The van der Waals surface area contributed by atoms with Crippen LogP contribution in [0.3, 0.4) is 0 Å². The lowest BCUT2D eigenvalue weighted by Gasteiger charge is -2.10. The molecule has 5 rings (SSSR count). The Kier molecular flexibility index (Phi) is 6.84. The van der Waals surface area contributed by atoms with E-state index in [9.17, 15) is 9.59 Å². The van der Waals surface area contributed by atoms with Crippen molar-refractivity contribution in [2.45, 2.75) is 0 Å². The summed E-state index contributed by atoms with van der Waals surface area (Å²) in [7, 11) is 1.61. The molecule has 0 spiro atoms. The molecule has 0 fully saturated rings. The van der Waals surface area contributed by atoms with E-state index in [2.05, 4.69) is 20.6 Å². The molecule has 0 saturated carbocycles. The van der Waals surface area contributed by atoms with Crippen molar-refractivity contribution in [3.8, 4) is 23.0 Å². The lowest BCUT2D eigenvalue weighted by atomic mass is 9.98. The van der Waals surface area contributed by atoms with Gasteiger partial charge < -0.3 is 14.8 Å². The van der Waals surface area contributed by atoms with E-state index in [1.54, 1.807) is 72.3 Å². The summed E-state index contributed by atoms with van der Waals surface area (Å²) >= 11 is 0. The summed E-state index contributed by atoms with van der Waals surface area (Å²) < 4.78 is 12.6. The van der Waals surface area contributed by atoms with E-state index in [1.165, 1.54) is 0 Å². The first-order valence-electron chi connectivity index (χ1n) is 11.6. The third-order valence-electron chi connectivity index (χ3n) is 5.68.